The van der Waals surface area contributed by atoms with Crippen LogP contribution in [0, 0.1) is 0 Å². The molecule has 1 aromatic carbocycles. The zero-order valence-electron chi connectivity index (χ0n) is 16.3. The highest BCUT2D eigenvalue weighted by atomic mass is 16.5. The van der Waals surface area contributed by atoms with E-state index >= 15 is 0 Å². The Labute approximate surface area is 166 Å². The van der Waals surface area contributed by atoms with Crippen LogP contribution in [-0.4, -0.2) is 55.2 Å². The second-order valence-corrected chi connectivity index (χ2v) is 7.49. The van der Waals surface area contributed by atoms with E-state index in [0.717, 1.165) is 57.4 Å². The Morgan fingerprint density at radius 2 is 1.71 bits per heavy atom. The van der Waals surface area contributed by atoms with Gasteiger partial charge in [0.05, 0.1) is 25.1 Å². The van der Waals surface area contributed by atoms with Crippen LogP contribution in [0.2, 0.25) is 0 Å². The molecule has 0 bridgehead atoms. The standard InChI is InChI=1S/C22H28N4O2/c27-22(19-6-4-18(5-7-19)17-25-12-14-28-15-13-25)24-20-8-9-21(23-16-20)26-10-2-1-3-11-26/h4-9,16H,1-3,10-15,17H2,(H,24,27). The van der Waals surface area contributed by atoms with Crippen LogP contribution in [0.1, 0.15) is 35.2 Å². The van der Waals surface area contributed by atoms with Gasteiger partial charge in [-0.15, -0.1) is 0 Å². The molecule has 4 rings (SSSR count). The first-order valence-electron chi connectivity index (χ1n) is 10.2. The molecule has 1 N–H and O–H groups in total. The third-order valence-electron chi connectivity index (χ3n) is 5.41. The van der Waals surface area contributed by atoms with E-state index in [4.69, 9.17) is 4.74 Å². The number of piperidine rings is 1. The Bertz CT molecular complexity index is 764. The Hall–Kier alpha value is -2.44. The number of carbonyl (C=O) groups excluding carboxylic acids is 1. The number of hydrogen-bond donors (Lipinski definition) is 1. The van der Waals surface area contributed by atoms with Gasteiger partial charge in [0.15, 0.2) is 0 Å². The quantitative estimate of drug-likeness (QED) is 0.864. The zero-order valence-corrected chi connectivity index (χ0v) is 16.3. The molecule has 2 aliphatic heterocycles. The van der Waals surface area contributed by atoms with Crippen molar-refractivity contribution in [1.29, 1.82) is 0 Å². The molecule has 0 unspecified atom stereocenters. The van der Waals surface area contributed by atoms with Crippen molar-refractivity contribution in [1.82, 2.24) is 9.88 Å². The van der Waals surface area contributed by atoms with E-state index in [1.54, 1.807) is 6.20 Å². The van der Waals surface area contributed by atoms with Gasteiger partial charge in [-0.2, -0.15) is 0 Å². The first-order chi connectivity index (χ1) is 13.8. The molecule has 0 atom stereocenters. The number of nitrogens with zero attached hydrogens (tertiary/aromatic N) is 3. The molecule has 2 fully saturated rings. The fraction of sp³-hybridized carbons (Fsp3) is 0.455. The van der Waals surface area contributed by atoms with E-state index in [2.05, 4.69) is 20.1 Å². The number of nitrogens with one attached hydrogen (secondary N) is 1. The predicted octanol–water partition coefficient (Wildman–Crippen LogP) is 3.16. The Balaban J connectivity index is 1.32. The average molecular weight is 380 g/mol. The summed E-state index contributed by atoms with van der Waals surface area (Å²) < 4.78 is 5.38. The summed E-state index contributed by atoms with van der Waals surface area (Å²) in [5, 5.41) is 2.94. The number of anilines is 2. The van der Waals surface area contributed by atoms with Crippen LogP contribution in [-0.2, 0) is 11.3 Å². The van der Waals surface area contributed by atoms with Crippen LogP contribution in [0.5, 0.6) is 0 Å². The van der Waals surface area contributed by atoms with Gasteiger partial charge in [-0.3, -0.25) is 9.69 Å². The molecule has 1 amide bonds. The summed E-state index contributed by atoms with van der Waals surface area (Å²) in [5.41, 5.74) is 2.60. The third-order valence-corrected chi connectivity index (χ3v) is 5.41. The van der Waals surface area contributed by atoms with Gasteiger partial charge in [0, 0.05) is 38.3 Å². The summed E-state index contributed by atoms with van der Waals surface area (Å²) in [7, 11) is 0. The van der Waals surface area contributed by atoms with Crippen LogP contribution >= 0.6 is 0 Å². The summed E-state index contributed by atoms with van der Waals surface area (Å²) in [6.45, 7) is 6.54. The van der Waals surface area contributed by atoms with Gasteiger partial charge in [-0.25, -0.2) is 4.98 Å². The Kier molecular flexibility index (Phi) is 6.19. The average Bonchev–Trinajstić information content (AvgIpc) is 2.76. The van der Waals surface area contributed by atoms with Crippen LogP contribution in [0.3, 0.4) is 0 Å². The normalized spacial score (nSPS) is 18.1. The lowest BCUT2D eigenvalue weighted by Gasteiger charge is -2.27. The minimum Gasteiger partial charge on any atom is -0.379 e. The fourth-order valence-corrected chi connectivity index (χ4v) is 3.75. The largest absolute Gasteiger partial charge is 0.379 e. The van der Waals surface area contributed by atoms with Gasteiger partial charge in [0.2, 0.25) is 0 Å². The van der Waals surface area contributed by atoms with E-state index in [1.807, 2.05) is 36.4 Å². The van der Waals surface area contributed by atoms with Gasteiger partial charge in [-0.1, -0.05) is 12.1 Å². The number of benzene rings is 1. The molecule has 6 nitrogen and oxygen atoms in total. The van der Waals surface area contributed by atoms with Crippen molar-refractivity contribution >= 4 is 17.4 Å². The summed E-state index contributed by atoms with van der Waals surface area (Å²) in [5.74, 6) is 0.885. The number of rotatable bonds is 5. The minimum absolute atomic E-state index is 0.106. The van der Waals surface area contributed by atoms with Crippen molar-refractivity contribution in [3.8, 4) is 0 Å². The van der Waals surface area contributed by atoms with Gasteiger partial charge in [0.25, 0.3) is 5.91 Å². The lowest BCUT2D eigenvalue weighted by molar-refractivity contribution is 0.0342. The number of pyridine rings is 1. The molecule has 1 aromatic heterocycles. The summed E-state index contributed by atoms with van der Waals surface area (Å²) >= 11 is 0. The maximum atomic E-state index is 12.5. The summed E-state index contributed by atoms with van der Waals surface area (Å²) in [4.78, 5) is 21.7. The number of hydrogen-bond acceptors (Lipinski definition) is 5. The van der Waals surface area contributed by atoms with Crippen molar-refractivity contribution < 1.29 is 9.53 Å². The van der Waals surface area contributed by atoms with Crippen molar-refractivity contribution in [2.45, 2.75) is 25.8 Å². The maximum Gasteiger partial charge on any atom is 0.255 e. The SMILES string of the molecule is O=C(Nc1ccc(N2CCCCC2)nc1)c1ccc(CN2CCOCC2)cc1. The third kappa shape index (κ3) is 4.88. The minimum atomic E-state index is -0.106. The van der Waals surface area contributed by atoms with Crippen molar-refractivity contribution in [3.63, 3.8) is 0 Å². The number of aromatic nitrogens is 1. The van der Waals surface area contributed by atoms with Crippen molar-refractivity contribution in [2.75, 3.05) is 49.6 Å². The molecule has 0 radical (unpaired) electrons. The highest BCUT2D eigenvalue weighted by Crippen LogP contribution is 2.19. The van der Waals surface area contributed by atoms with E-state index in [1.165, 1.54) is 24.8 Å². The number of carbonyl (C=O) groups is 1. The fourth-order valence-electron chi connectivity index (χ4n) is 3.75. The van der Waals surface area contributed by atoms with Crippen LogP contribution in [0.4, 0.5) is 11.5 Å². The monoisotopic (exact) mass is 380 g/mol. The second-order valence-electron chi connectivity index (χ2n) is 7.49. The van der Waals surface area contributed by atoms with Crippen LogP contribution < -0.4 is 10.2 Å². The first kappa shape index (κ1) is 18.9. The highest BCUT2D eigenvalue weighted by Gasteiger charge is 2.13. The van der Waals surface area contributed by atoms with E-state index < -0.39 is 0 Å². The van der Waals surface area contributed by atoms with Crippen molar-refractivity contribution in [3.05, 3.63) is 53.7 Å². The molecule has 2 saturated heterocycles. The van der Waals surface area contributed by atoms with E-state index in [-0.39, 0.29) is 5.91 Å². The molecule has 148 valence electrons. The van der Waals surface area contributed by atoms with Gasteiger partial charge < -0.3 is 15.0 Å². The summed E-state index contributed by atoms with van der Waals surface area (Å²) in [6, 6.07) is 11.8. The molecule has 28 heavy (non-hydrogen) atoms. The molecule has 6 heteroatoms. The zero-order chi connectivity index (χ0) is 19.2. The highest BCUT2D eigenvalue weighted by molar-refractivity contribution is 6.04. The Morgan fingerprint density at radius 3 is 2.39 bits per heavy atom. The molecule has 0 aliphatic carbocycles. The van der Waals surface area contributed by atoms with Gasteiger partial charge in [-0.05, 0) is 49.1 Å². The lowest BCUT2D eigenvalue weighted by atomic mass is 10.1. The molecule has 2 aliphatic rings. The van der Waals surface area contributed by atoms with E-state index in [0.29, 0.717) is 5.56 Å². The lowest BCUT2D eigenvalue weighted by Crippen LogP contribution is -2.35. The number of amides is 1. The maximum absolute atomic E-state index is 12.5. The van der Waals surface area contributed by atoms with Crippen LogP contribution in [0.15, 0.2) is 42.6 Å². The second kappa shape index (κ2) is 9.17. The van der Waals surface area contributed by atoms with E-state index in [9.17, 15) is 4.79 Å². The topological polar surface area (TPSA) is 57.7 Å². The van der Waals surface area contributed by atoms with Gasteiger partial charge in [0.1, 0.15) is 5.82 Å². The smallest absolute Gasteiger partial charge is 0.255 e. The molecule has 0 saturated carbocycles. The first-order valence-corrected chi connectivity index (χ1v) is 10.2. The summed E-state index contributed by atoms with van der Waals surface area (Å²) in [6.07, 6.45) is 5.49. The molecular formula is C22H28N4O2. The number of morpholine rings is 1. The van der Waals surface area contributed by atoms with Crippen molar-refractivity contribution in [2.24, 2.45) is 0 Å². The van der Waals surface area contributed by atoms with Crippen LogP contribution in [0.25, 0.3) is 0 Å². The molecule has 3 heterocycles. The Morgan fingerprint density at radius 1 is 0.964 bits per heavy atom. The predicted molar refractivity (Wildman–Crippen MR) is 111 cm³/mol. The molecule has 2 aromatic rings. The molecular weight excluding hydrogens is 352 g/mol. The van der Waals surface area contributed by atoms with Gasteiger partial charge >= 0.3 is 0 Å². The molecule has 0 spiro atoms. The number of ether oxygens (including phenoxy) is 1.